The molecule has 0 aliphatic heterocycles. The Morgan fingerprint density at radius 2 is 1.52 bits per heavy atom. The van der Waals surface area contributed by atoms with Crippen LogP contribution in [0.5, 0.6) is 0 Å². The molecule has 0 aliphatic carbocycles. The van der Waals surface area contributed by atoms with Gasteiger partial charge in [-0.25, -0.2) is 19.3 Å². The lowest BCUT2D eigenvalue weighted by molar-refractivity contribution is 0.627. The fourth-order valence-electron chi connectivity index (χ4n) is 3.11. The lowest BCUT2D eigenvalue weighted by Crippen LogP contribution is -1.99. The van der Waals surface area contributed by atoms with Crippen molar-refractivity contribution in [3.63, 3.8) is 0 Å². The summed E-state index contributed by atoms with van der Waals surface area (Å²) < 4.78 is 15.3. The number of para-hydroxylation sites is 2. The molecule has 2 heterocycles. The Hall–Kier alpha value is -3.31. The fourth-order valence-corrected chi connectivity index (χ4v) is 3.30. The summed E-state index contributed by atoms with van der Waals surface area (Å²) >= 11 is 6.18. The first-order chi connectivity index (χ1) is 13.2. The highest BCUT2D eigenvalue weighted by Gasteiger charge is 2.17. The van der Waals surface area contributed by atoms with Gasteiger partial charge in [0.2, 0.25) is 0 Å². The van der Waals surface area contributed by atoms with Gasteiger partial charge in [-0.2, -0.15) is 0 Å². The fraction of sp³-hybridized carbons (Fsp3) is 0. The van der Waals surface area contributed by atoms with Crippen LogP contribution in [0.25, 0.3) is 39.4 Å². The van der Waals surface area contributed by atoms with Crippen LogP contribution in [0.1, 0.15) is 0 Å². The van der Waals surface area contributed by atoms with Crippen LogP contribution in [0.15, 0.2) is 72.8 Å². The zero-order chi connectivity index (χ0) is 18.4. The summed E-state index contributed by atoms with van der Waals surface area (Å²) in [7, 11) is 0. The third-order valence-corrected chi connectivity index (χ3v) is 4.57. The topological polar surface area (TPSA) is 43.6 Å². The zero-order valence-electron chi connectivity index (χ0n) is 14.0. The van der Waals surface area contributed by atoms with E-state index in [1.165, 1.54) is 12.1 Å². The lowest BCUT2D eigenvalue weighted by atomic mass is 10.2. The molecule has 3 aromatic carbocycles. The van der Waals surface area contributed by atoms with Gasteiger partial charge in [-0.3, -0.25) is 4.57 Å². The van der Waals surface area contributed by atoms with Crippen molar-refractivity contribution in [3.8, 4) is 17.1 Å². The van der Waals surface area contributed by atoms with Crippen molar-refractivity contribution < 1.29 is 4.39 Å². The highest BCUT2D eigenvalue weighted by molar-refractivity contribution is 6.30. The summed E-state index contributed by atoms with van der Waals surface area (Å²) in [5.74, 6) is 0.346. The van der Waals surface area contributed by atoms with Crippen molar-refractivity contribution in [1.29, 1.82) is 0 Å². The van der Waals surface area contributed by atoms with Gasteiger partial charge in [-0.05, 0) is 48.5 Å². The van der Waals surface area contributed by atoms with Gasteiger partial charge >= 0.3 is 0 Å². The van der Waals surface area contributed by atoms with Crippen molar-refractivity contribution in [3.05, 3.63) is 83.6 Å². The molecule has 0 saturated carbocycles. The van der Waals surface area contributed by atoms with Crippen LogP contribution in [0.3, 0.4) is 0 Å². The molecule has 27 heavy (non-hydrogen) atoms. The highest BCUT2D eigenvalue weighted by Crippen LogP contribution is 2.29. The minimum Gasteiger partial charge on any atom is -0.275 e. The van der Waals surface area contributed by atoms with Crippen LogP contribution in [0.2, 0.25) is 5.02 Å². The Balaban J connectivity index is 1.88. The predicted molar refractivity (Wildman–Crippen MR) is 105 cm³/mol. The molecule has 0 N–H and O–H groups in total. The third kappa shape index (κ3) is 2.73. The molecule has 130 valence electrons. The molecule has 0 bridgehead atoms. The van der Waals surface area contributed by atoms with Gasteiger partial charge in [0.15, 0.2) is 11.3 Å². The average Bonchev–Trinajstić information content (AvgIpc) is 3.05. The highest BCUT2D eigenvalue weighted by atomic mass is 35.5. The molecule has 0 saturated heterocycles. The van der Waals surface area contributed by atoms with Crippen LogP contribution < -0.4 is 0 Å². The summed E-state index contributed by atoms with van der Waals surface area (Å²) in [4.78, 5) is 14.1. The average molecular weight is 375 g/mol. The predicted octanol–water partition coefficient (Wildman–Crippen LogP) is 5.43. The number of hydrogen-bond acceptors (Lipinski definition) is 3. The van der Waals surface area contributed by atoms with Crippen LogP contribution in [0.4, 0.5) is 4.39 Å². The molecule has 0 aliphatic rings. The molecule has 5 rings (SSSR count). The van der Waals surface area contributed by atoms with Crippen LogP contribution in [0, 0.1) is 5.82 Å². The van der Waals surface area contributed by atoms with Crippen molar-refractivity contribution >= 4 is 33.9 Å². The summed E-state index contributed by atoms with van der Waals surface area (Å²) in [6.45, 7) is 0. The maximum atomic E-state index is 13.5. The van der Waals surface area contributed by atoms with Crippen LogP contribution in [-0.2, 0) is 0 Å². The number of imidazole rings is 1. The maximum Gasteiger partial charge on any atom is 0.199 e. The smallest absolute Gasteiger partial charge is 0.199 e. The SMILES string of the molecule is Fc1ccc(-n2c(-c3cccc(Cl)c3)nc3nc4ccccc4nc32)cc1. The van der Waals surface area contributed by atoms with E-state index in [1.54, 1.807) is 18.2 Å². The van der Waals surface area contributed by atoms with Gasteiger partial charge in [-0.1, -0.05) is 35.9 Å². The van der Waals surface area contributed by atoms with Crippen LogP contribution in [-0.4, -0.2) is 19.5 Å². The normalized spacial score (nSPS) is 11.3. The molecular weight excluding hydrogens is 363 g/mol. The molecule has 4 nitrogen and oxygen atoms in total. The molecule has 0 unspecified atom stereocenters. The second kappa shape index (κ2) is 6.14. The van der Waals surface area contributed by atoms with E-state index in [0.29, 0.717) is 22.1 Å². The second-order valence-electron chi connectivity index (χ2n) is 6.12. The Bertz CT molecular complexity index is 1300. The Morgan fingerprint density at radius 3 is 2.26 bits per heavy atom. The standard InChI is InChI=1S/C21H12ClFN4/c22-14-5-3-4-13(12-14)20-26-19-21(25-18-7-2-1-6-17(18)24-19)27(20)16-10-8-15(23)9-11-16/h1-12H. The first kappa shape index (κ1) is 15.9. The number of nitrogens with zero attached hydrogens (tertiary/aromatic N) is 4. The molecular formula is C21H12ClFN4. The molecule has 0 fully saturated rings. The Labute approximate surface area is 158 Å². The molecule has 0 atom stereocenters. The molecule has 6 heteroatoms. The first-order valence-corrected chi connectivity index (χ1v) is 8.74. The quantitative estimate of drug-likeness (QED) is 0.414. The van der Waals surface area contributed by atoms with Gasteiger partial charge < -0.3 is 0 Å². The van der Waals surface area contributed by atoms with Crippen molar-refractivity contribution in [2.24, 2.45) is 0 Å². The molecule has 5 aromatic rings. The van der Waals surface area contributed by atoms with Crippen molar-refractivity contribution in [2.75, 3.05) is 0 Å². The maximum absolute atomic E-state index is 13.5. The van der Waals surface area contributed by atoms with Gasteiger partial charge in [-0.15, -0.1) is 0 Å². The van der Waals surface area contributed by atoms with Gasteiger partial charge in [0.1, 0.15) is 11.6 Å². The molecule has 2 aromatic heterocycles. The van der Waals surface area contributed by atoms with E-state index in [-0.39, 0.29) is 5.82 Å². The summed E-state index contributed by atoms with van der Waals surface area (Å²) in [5, 5.41) is 0.608. The van der Waals surface area contributed by atoms with E-state index in [4.69, 9.17) is 21.6 Å². The van der Waals surface area contributed by atoms with Gasteiger partial charge in [0, 0.05) is 16.3 Å². The van der Waals surface area contributed by atoms with Crippen molar-refractivity contribution in [1.82, 2.24) is 19.5 Å². The Morgan fingerprint density at radius 1 is 0.778 bits per heavy atom. The van der Waals surface area contributed by atoms with E-state index in [1.807, 2.05) is 47.0 Å². The first-order valence-electron chi connectivity index (χ1n) is 8.36. The number of rotatable bonds is 2. The number of hydrogen-bond donors (Lipinski definition) is 0. The van der Waals surface area contributed by atoms with E-state index < -0.39 is 0 Å². The number of fused-ring (bicyclic) bond motifs is 2. The summed E-state index contributed by atoms with van der Waals surface area (Å²) in [5.41, 5.74) is 4.25. The number of benzene rings is 3. The van der Waals surface area contributed by atoms with E-state index in [2.05, 4.69) is 4.98 Å². The van der Waals surface area contributed by atoms with Gasteiger partial charge in [0.25, 0.3) is 0 Å². The number of aromatic nitrogens is 4. The van der Waals surface area contributed by atoms with Gasteiger partial charge in [0.05, 0.1) is 11.0 Å². The third-order valence-electron chi connectivity index (χ3n) is 4.34. The van der Waals surface area contributed by atoms with E-state index >= 15 is 0 Å². The molecule has 0 radical (unpaired) electrons. The lowest BCUT2D eigenvalue weighted by Gasteiger charge is -2.09. The largest absolute Gasteiger partial charge is 0.275 e. The second-order valence-corrected chi connectivity index (χ2v) is 6.55. The zero-order valence-corrected chi connectivity index (χ0v) is 14.7. The Kier molecular flexibility index (Phi) is 3.62. The minimum absolute atomic E-state index is 0.302. The summed E-state index contributed by atoms with van der Waals surface area (Å²) in [6.07, 6.45) is 0. The van der Waals surface area contributed by atoms with E-state index in [0.717, 1.165) is 22.3 Å². The summed E-state index contributed by atoms with van der Waals surface area (Å²) in [6, 6.07) is 21.3. The molecule has 0 spiro atoms. The monoisotopic (exact) mass is 374 g/mol. The van der Waals surface area contributed by atoms with E-state index in [9.17, 15) is 4.39 Å². The molecule has 0 amide bonds. The van der Waals surface area contributed by atoms with Crippen molar-refractivity contribution in [2.45, 2.75) is 0 Å². The minimum atomic E-state index is -0.302. The van der Waals surface area contributed by atoms with Crippen LogP contribution >= 0.6 is 11.6 Å². The number of halogens is 2.